The molecule has 0 aromatic heterocycles. The zero-order chi connectivity index (χ0) is 16.8. The zero-order valence-electron chi connectivity index (χ0n) is 14.4. The molecule has 2 nitrogen and oxygen atoms in total. The van der Waals surface area contributed by atoms with Gasteiger partial charge in [-0.25, -0.2) is 0 Å². The molecule has 128 valence electrons. The van der Waals surface area contributed by atoms with Gasteiger partial charge in [-0.15, -0.1) is 0 Å². The molecule has 2 N–H and O–H groups in total. The van der Waals surface area contributed by atoms with Gasteiger partial charge in [0.05, 0.1) is 0 Å². The minimum atomic E-state index is -0.298. The highest BCUT2D eigenvalue weighted by Gasteiger charge is 2.37. The number of aromatic hydroxyl groups is 2. The molecular weight excluding hydrogens is 296 g/mol. The second kappa shape index (κ2) is 7.74. The molecule has 0 unspecified atom stereocenters. The quantitative estimate of drug-likeness (QED) is 0.721. The first-order chi connectivity index (χ1) is 11.7. The molecule has 0 saturated heterocycles. The van der Waals surface area contributed by atoms with Gasteiger partial charge in [-0.2, -0.15) is 0 Å². The maximum atomic E-state index is 10.6. The van der Waals surface area contributed by atoms with Gasteiger partial charge in [0.25, 0.3) is 0 Å². The van der Waals surface area contributed by atoms with Crippen molar-refractivity contribution in [3.05, 3.63) is 59.7 Å². The van der Waals surface area contributed by atoms with Gasteiger partial charge in [-0.3, -0.25) is 0 Å². The third-order valence-electron chi connectivity index (χ3n) is 5.55. The fourth-order valence-corrected chi connectivity index (χ4v) is 4.30. The molecule has 0 amide bonds. The number of hydrogen-bond donors (Lipinski definition) is 2. The first kappa shape index (κ1) is 16.9. The lowest BCUT2D eigenvalue weighted by atomic mass is 9.67. The Balaban J connectivity index is 2.11. The van der Waals surface area contributed by atoms with E-state index < -0.39 is 0 Å². The van der Waals surface area contributed by atoms with Crippen LogP contribution < -0.4 is 0 Å². The van der Waals surface area contributed by atoms with Crippen molar-refractivity contribution in [1.82, 2.24) is 0 Å². The average molecular weight is 324 g/mol. The van der Waals surface area contributed by atoms with Crippen LogP contribution in [0.1, 0.15) is 68.9 Å². The van der Waals surface area contributed by atoms with Crippen LogP contribution in [0.2, 0.25) is 0 Å². The monoisotopic (exact) mass is 324 g/mol. The van der Waals surface area contributed by atoms with Crippen LogP contribution >= 0.6 is 0 Å². The molecule has 0 radical (unpaired) electrons. The first-order valence-corrected chi connectivity index (χ1v) is 9.31. The van der Waals surface area contributed by atoms with Crippen LogP contribution in [0.3, 0.4) is 0 Å². The van der Waals surface area contributed by atoms with Crippen molar-refractivity contribution in [3.8, 4) is 11.5 Å². The highest BCUT2D eigenvalue weighted by Crippen LogP contribution is 2.48. The van der Waals surface area contributed by atoms with Gasteiger partial charge < -0.3 is 10.2 Å². The zero-order valence-corrected chi connectivity index (χ0v) is 14.4. The molecule has 1 fully saturated rings. The summed E-state index contributed by atoms with van der Waals surface area (Å²) in [5, 5.41) is 21.2. The Kier molecular flexibility index (Phi) is 5.44. The molecule has 3 rings (SSSR count). The number of para-hydroxylation sites is 2. The number of benzene rings is 2. The highest BCUT2D eigenvalue weighted by atomic mass is 16.3. The van der Waals surface area contributed by atoms with Crippen molar-refractivity contribution < 1.29 is 10.2 Å². The molecule has 0 spiro atoms. The van der Waals surface area contributed by atoms with Crippen LogP contribution in [-0.4, -0.2) is 10.2 Å². The van der Waals surface area contributed by atoms with Crippen LogP contribution in [0.25, 0.3) is 0 Å². The third kappa shape index (κ3) is 3.43. The number of phenols is 2. The van der Waals surface area contributed by atoms with E-state index >= 15 is 0 Å². The van der Waals surface area contributed by atoms with Crippen molar-refractivity contribution in [3.63, 3.8) is 0 Å². The second-order valence-corrected chi connectivity index (χ2v) is 7.09. The maximum Gasteiger partial charge on any atom is 0.119 e. The molecule has 2 aromatic rings. The standard InChI is InChI=1S/C22H28O2/c23-20-14-8-6-12-18(20)22(19-13-7-9-15-21(19)24)16-10-4-2-1-3-5-11-17-22/h6-9,12-15,23-24H,1-5,10-11,16-17H2. The molecule has 0 aliphatic heterocycles. The minimum absolute atomic E-state index is 0.298. The van der Waals surface area contributed by atoms with Gasteiger partial charge in [0.1, 0.15) is 11.5 Å². The number of hydrogen-bond acceptors (Lipinski definition) is 2. The second-order valence-electron chi connectivity index (χ2n) is 7.09. The van der Waals surface area contributed by atoms with Gasteiger partial charge in [-0.05, 0) is 25.0 Å². The molecule has 0 bridgehead atoms. The average Bonchev–Trinajstić information content (AvgIpc) is 2.60. The molecule has 1 saturated carbocycles. The summed E-state index contributed by atoms with van der Waals surface area (Å²) in [6, 6.07) is 15.4. The number of rotatable bonds is 2. The molecular formula is C22H28O2. The van der Waals surface area contributed by atoms with Crippen LogP contribution in [-0.2, 0) is 5.41 Å². The molecule has 0 heterocycles. The van der Waals surface area contributed by atoms with Crippen molar-refractivity contribution >= 4 is 0 Å². The van der Waals surface area contributed by atoms with E-state index in [9.17, 15) is 10.2 Å². The van der Waals surface area contributed by atoms with Crippen molar-refractivity contribution in [2.45, 2.75) is 63.2 Å². The summed E-state index contributed by atoms with van der Waals surface area (Å²) >= 11 is 0. The minimum Gasteiger partial charge on any atom is -0.508 e. The Morgan fingerprint density at radius 1 is 0.542 bits per heavy atom. The molecule has 24 heavy (non-hydrogen) atoms. The first-order valence-electron chi connectivity index (χ1n) is 9.31. The third-order valence-corrected chi connectivity index (χ3v) is 5.55. The number of phenolic OH excluding ortho intramolecular Hbond substituents is 2. The Bertz CT molecular complexity index is 605. The van der Waals surface area contributed by atoms with Gasteiger partial charge in [0, 0.05) is 16.5 Å². The molecule has 2 aromatic carbocycles. The molecule has 0 atom stereocenters. The van der Waals surface area contributed by atoms with Crippen molar-refractivity contribution in [1.29, 1.82) is 0 Å². The normalized spacial score (nSPS) is 18.8. The van der Waals surface area contributed by atoms with Gasteiger partial charge in [0.15, 0.2) is 0 Å². The van der Waals surface area contributed by atoms with Crippen LogP contribution in [0, 0.1) is 0 Å². The van der Waals surface area contributed by atoms with E-state index in [4.69, 9.17) is 0 Å². The van der Waals surface area contributed by atoms with E-state index in [0.29, 0.717) is 11.5 Å². The van der Waals surface area contributed by atoms with Gasteiger partial charge >= 0.3 is 0 Å². The summed E-state index contributed by atoms with van der Waals surface area (Å²) in [6.45, 7) is 0. The Morgan fingerprint density at radius 3 is 1.33 bits per heavy atom. The van der Waals surface area contributed by atoms with E-state index in [2.05, 4.69) is 0 Å². The summed E-state index contributed by atoms with van der Waals surface area (Å²) in [5.74, 6) is 0.690. The largest absolute Gasteiger partial charge is 0.508 e. The summed E-state index contributed by atoms with van der Waals surface area (Å²) in [5.41, 5.74) is 1.63. The van der Waals surface area contributed by atoms with Crippen LogP contribution in [0.4, 0.5) is 0 Å². The molecule has 1 aliphatic carbocycles. The maximum absolute atomic E-state index is 10.6. The van der Waals surface area contributed by atoms with E-state index in [1.165, 1.54) is 32.1 Å². The fraction of sp³-hybridized carbons (Fsp3) is 0.455. The fourth-order valence-electron chi connectivity index (χ4n) is 4.30. The van der Waals surface area contributed by atoms with E-state index in [1.54, 1.807) is 12.1 Å². The summed E-state index contributed by atoms with van der Waals surface area (Å²) in [4.78, 5) is 0. The summed E-state index contributed by atoms with van der Waals surface area (Å²) in [7, 11) is 0. The van der Waals surface area contributed by atoms with Crippen LogP contribution in [0.15, 0.2) is 48.5 Å². The Hall–Kier alpha value is -1.96. The van der Waals surface area contributed by atoms with E-state index in [-0.39, 0.29) is 5.41 Å². The lowest BCUT2D eigenvalue weighted by Crippen LogP contribution is -2.28. The van der Waals surface area contributed by atoms with Gasteiger partial charge in [-0.1, -0.05) is 81.3 Å². The molecule has 2 heteroatoms. The van der Waals surface area contributed by atoms with E-state index in [0.717, 1.165) is 36.8 Å². The topological polar surface area (TPSA) is 40.5 Å². The van der Waals surface area contributed by atoms with Crippen molar-refractivity contribution in [2.75, 3.05) is 0 Å². The van der Waals surface area contributed by atoms with Crippen molar-refractivity contribution in [2.24, 2.45) is 0 Å². The Morgan fingerprint density at radius 2 is 0.917 bits per heavy atom. The SMILES string of the molecule is Oc1ccccc1C1(c2ccccc2O)CCCCCCCCC1. The Labute approximate surface area is 145 Å². The highest BCUT2D eigenvalue weighted by molar-refractivity contribution is 5.51. The molecule has 1 aliphatic rings. The smallest absolute Gasteiger partial charge is 0.119 e. The lowest BCUT2D eigenvalue weighted by Gasteiger charge is -2.37. The predicted molar refractivity (Wildman–Crippen MR) is 98.5 cm³/mol. The lowest BCUT2D eigenvalue weighted by molar-refractivity contribution is 0.347. The summed E-state index contributed by atoms with van der Waals surface area (Å²) < 4.78 is 0. The van der Waals surface area contributed by atoms with Crippen LogP contribution in [0.5, 0.6) is 11.5 Å². The van der Waals surface area contributed by atoms with Gasteiger partial charge in [0.2, 0.25) is 0 Å². The predicted octanol–water partition coefficient (Wildman–Crippen LogP) is 5.91. The van der Waals surface area contributed by atoms with E-state index in [1.807, 2.05) is 36.4 Å². The summed E-state index contributed by atoms with van der Waals surface area (Å²) in [6.07, 6.45) is 10.6.